The predicted octanol–water partition coefficient (Wildman–Crippen LogP) is -1.36. The molecular formula is C9H14N2O6S. The number of rotatable bonds is 9. The number of hydrogen-bond acceptors (Lipinski definition) is 5. The summed E-state index contributed by atoms with van der Waals surface area (Å²) in [6, 6.07) is -1.45. The molecule has 0 aromatic carbocycles. The molecule has 0 heterocycles. The smallest absolute Gasteiger partial charge is 0.326 e. The molecule has 0 saturated carbocycles. The number of carboxylic acids is 2. The Hall–Kier alpha value is -1.77. The van der Waals surface area contributed by atoms with E-state index in [9.17, 15) is 19.2 Å². The van der Waals surface area contributed by atoms with Crippen LogP contribution in [0.2, 0.25) is 0 Å². The lowest BCUT2D eigenvalue weighted by Gasteiger charge is -2.11. The van der Waals surface area contributed by atoms with Crippen LogP contribution in [0.1, 0.15) is 12.8 Å². The van der Waals surface area contributed by atoms with E-state index in [2.05, 4.69) is 5.32 Å². The van der Waals surface area contributed by atoms with Crippen molar-refractivity contribution in [2.45, 2.75) is 18.9 Å². The van der Waals surface area contributed by atoms with Gasteiger partial charge < -0.3 is 21.3 Å². The summed E-state index contributed by atoms with van der Waals surface area (Å²) in [6.45, 7) is 0. The summed E-state index contributed by atoms with van der Waals surface area (Å²) in [5.74, 6) is -3.43. The van der Waals surface area contributed by atoms with Crippen LogP contribution in [0.5, 0.6) is 0 Å². The van der Waals surface area contributed by atoms with E-state index in [0.717, 1.165) is 11.8 Å². The highest BCUT2D eigenvalue weighted by atomic mass is 32.2. The van der Waals surface area contributed by atoms with Crippen molar-refractivity contribution in [3.8, 4) is 0 Å². The molecule has 2 amide bonds. The maximum Gasteiger partial charge on any atom is 0.326 e. The fourth-order valence-corrected chi connectivity index (χ4v) is 1.65. The van der Waals surface area contributed by atoms with Gasteiger partial charge >= 0.3 is 11.9 Å². The fourth-order valence-electron chi connectivity index (χ4n) is 0.979. The molecule has 0 aliphatic heterocycles. The van der Waals surface area contributed by atoms with Crippen molar-refractivity contribution < 1.29 is 29.4 Å². The summed E-state index contributed by atoms with van der Waals surface area (Å²) >= 11 is 1.14. The SMILES string of the molecule is NC(=O)CSCCC(=O)NC(CC(=O)O)C(=O)O. The van der Waals surface area contributed by atoms with Gasteiger partial charge in [-0.3, -0.25) is 14.4 Å². The Bertz CT molecular complexity index is 346. The number of hydrogen-bond donors (Lipinski definition) is 4. The molecule has 0 aliphatic rings. The molecule has 5 N–H and O–H groups in total. The standard InChI is InChI=1S/C9H14N2O6S/c10-6(12)4-18-2-1-7(13)11-5(9(16)17)3-8(14)15/h5H,1-4H2,(H2,10,12)(H,11,13)(H,14,15)(H,16,17). The van der Waals surface area contributed by atoms with E-state index in [0.29, 0.717) is 5.75 Å². The third kappa shape index (κ3) is 8.39. The van der Waals surface area contributed by atoms with Crippen molar-refractivity contribution in [2.75, 3.05) is 11.5 Å². The number of thioether (sulfide) groups is 1. The van der Waals surface area contributed by atoms with Crippen molar-refractivity contribution in [1.29, 1.82) is 0 Å². The molecule has 0 aromatic rings. The molecule has 8 nitrogen and oxygen atoms in total. The van der Waals surface area contributed by atoms with Gasteiger partial charge in [-0.05, 0) is 0 Å². The molecule has 0 aliphatic carbocycles. The Morgan fingerprint density at radius 3 is 2.28 bits per heavy atom. The minimum Gasteiger partial charge on any atom is -0.481 e. The third-order valence-electron chi connectivity index (χ3n) is 1.73. The monoisotopic (exact) mass is 278 g/mol. The van der Waals surface area contributed by atoms with Crippen LogP contribution in [0.15, 0.2) is 0 Å². The molecule has 0 aromatic heterocycles. The van der Waals surface area contributed by atoms with Gasteiger partial charge in [0, 0.05) is 12.2 Å². The number of carboxylic acid groups (broad SMARTS) is 2. The van der Waals surface area contributed by atoms with Gasteiger partial charge in [0.15, 0.2) is 0 Å². The third-order valence-corrected chi connectivity index (χ3v) is 2.71. The van der Waals surface area contributed by atoms with Gasteiger partial charge in [-0.15, -0.1) is 0 Å². The second kappa shape index (κ2) is 8.34. The minimum absolute atomic E-state index is 0.0126. The molecule has 1 atom stereocenters. The Morgan fingerprint density at radius 1 is 1.22 bits per heavy atom. The molecule has 102 valence electrons. The van der Waals surface area contributed by atoms with Gasteiger partial charge in [0.2, 0.25) is 11.8 Å². The lowest BCUT2D eigenvalue weighted by Crippen LogP contribution is -2.42. The van der Waals surface area contributed by atoms with Crippen LogP contribution in [0.3, 0.4) is 0 Å². The van der Waals surface area contributed by atoms with Crippen molar-refractivity contribution in [2.24, 2.45) is 5.73 Å². The number of nitrogens with two attached hydrogens (primary N) is 1. The van der Waals surface area contributed by atoms with Gasteiger partial charge in [0.1, 0.15) is 6.04 Å². The summed E-state index contributed by atoms with van der Waals surface area (Å²) in [7, 11) is 0. The van der Waals surface area contributed by atoms with Crippen molar-refractivity contribution >= 4 is 35.5 Å². The lowest BCUT2D eigenvalue weighted by molar-refractivity contribution is -0.147. The topological polar surface area (TPSA) is 147 Å². The Morgan fingerprint density at radius 2 is 1.83 bits per heavy atom. The largest absolute Gasteiger partial charge is 0.481 e. The van der Waals surface area contributed by atoms with Crippen molar-refractivity contribution in [1.82, 2.24) is 5.32 Å². The Labute approximate surface area is 107 Å². The van der Waals surface area contributed by atoms with Crippen LogP contribution in [0, 0.1) is 0 Å². The van der Waals surface area contributed by atoms with Crippen LogP contribution in [-0.2, 0) is 19.2 Å². The van der Waals surface area contributed by atoms with Gasteiger partial charge in [0.25, 0.3) is 0 Å². The highest BCUT2D eigenvalue weighted by Crippen LogP contribution is 2.02. The molecule has 0 rings (SSSR count). The molecule has 1 unspecified atom stereocenters. The highest BCUT2D eigenvalue weighted by Gasteiger charge is 2.22. The van der Waals surface area contributed by atoms with Crippen LogP contribution in [-0.4, -0.2) is 51.5 Å². The first-order valence-corrected chi connectivity index (χ1v) is 6.08. The first-order chi connectivity index (χ1) is 8.32. The normalized spacial score (nSPS) is 11.6. The lowest BCUT2D eigenvalue weighted by atomic mass is 10.2. The summed E-state index contributed by atoms with van der Waals surface area (Å²) < 4.78 is 0. The van der Waals surface area contributed by atoms with Gasteiger partial charge in [-0.25, -0.2) is 4.79 Å². The fraction of sp³-hybridized carbons (Fsp3) is 0.556. The number of aliphatic carboxylic acids is 2. The van der Waals surface area contributed by atoms with E-state index >= 15 is 0 Å². The molecular weight excluding hydrogens is 264 g/mol. The molecule has 0 bridgehead atoms. The van der Waals surface area contributed by atoms with E-state index < -0.39 is 36.2 Å². The summed E-state index contributed by atoms with van der Waals surface area (Å²) in [6.07, 6.45) is -0.698. The van der Waals surface area contributed by atoms with Crippen molar-refractivity contribution in [3.63, 3.8) is 0 Å². The van der Waals surface area contributed by atoms with Crippen LogP contribution in [0.4, 0.5) is 0 Å². The first kappa shape index (κ1) is 16.2. The van der Waals surface area contributed by atoms with E-state index in [1.54, 1.807) is 0 Å². The molecule has 0 radical (unpaired) electrons. The van der Waals surface area contributed by atoms with E-state index in [1.165, 1.54) is 0 Å². The first-order valence-electron chi connectivity index (χ1n) is 4.93. The molecule has 9 heteroatoms. The predicted molar refractivity (Wildman–Crippen MR) is 63.0 cm³/mol. The number of carbonyl (C=O) groups excluding carboxylic acids is 2. The van der Waals surface area contributed by atoms with Crippen LogP contribution < -0.4 is 11.1 Å². The van der Waals surface area contributed by atoms with Gasteiger partial charge in [0.05, 0.1) is 12.2 Å². The Balaban J connectivity index is 3.99. The average Bonchev–Trinajstić information content (AvgIpc) is 2.22. The number of nitrogens with one attached hydrogen (secondary N) is 1. The van der Waals surface area contributed by atoms with Gasteiger partial charge in [-0.1, -0.05) is 0 Å². The van der Waals surface area contributed by atoms with Crippen LogP contribution >= 0.6 is 11.8 Å². The van der Waals surface area contributed by atoms with E-state index in [1.807, 2.05) is 0 Å². The highest BCUT2D eigenvalue weighted by molar-refractivity contribution is 7.99. The van der Waals surface area contributed by atoms with E-state index in [4.69, 9.17) is 15.9 Å². The van der Waals surface area contributed by atoms with E-state index in [-0.39, 0.29) is 12.2 Å². The zero-order valence-electron chi connectivity index (χ0n) is 9.42. The summed E-state index contributed by atoms with van der Waals surface area (Å²) in [5, 5.41) is 19.2. The Kier molecular flexibility index (Phi) is 7.52. The van der Waals surface area contributed by atoms with Crippen LogP contribution in [0.25, 0.3) is 0 Å². The average molecular weight is 278 g/mol. The molecule has 18 heavy (non-hydrogen) atoms. The maximum absolute atomic E-state index is 11.3. The minimum atomic E-state index is -1.45. The zero-order chi connectivity index (χ0) is 14.1. The molecule has 0 saturated heterocycles. The quantitative estimate of drug-likeness (QED) is 0.381. The summed E-state index contributed by atoms with van der Waals surface area (Å²) in [4.78, 5) is 42.7. The summed E-state index contributed by atoms with van der Waals surface area (Å²) in [5.41, 5.74) is 4.88. The maximum atomic E-state index is 11.3. The van der Waals surface area contributed by atoms with Crippen molar-refractivity contribution in [3.05, 3.63) is 0 Å². The molecule has 0 fully saturated rings. The molecule has 0 spiro atoms. The number of carbonyl (C=O) groups is 4. The number of amides is 2. The second-order valence-electron chi connectivity index (χ2n) is 3.33. The second-order valence-corrected chi connectivity index (χ2v) is 4.43. The van der Waals surface area contributed by atoms with Gasteiger partial charge in [-0.2, -0.15) is 11.8 Å². The number of primary amides is 1. The zero-order valence-corrected chi connectivity index (χ0v) is 10.2.